The number of para-hydroxylation sites is 1. The molecule has 0 fully saturated rings. The average molecular weight is 327 g/mol. The lowest BCUT2D eigenvalue weighted by Crippen LogP contribution is -2.15. The topological polar surface area (TPSA) is 55.4 Å². The van der Waals surface area contributed by atoms with E-state index in [1.807, 2.05) is 6.92 Å². The highest BCUT2D eigenvalue weighted by molar-refractivity contribution is 7.92. The highest BCUT2D eigenvalue weighted by Gasteiger charge is 2.18. The van der Waals surface area contributed by atoms with Crippen LogP contribution in [0.15, 0.2) is 47.4 Å². The normalized spacial score (nSPS) is 11.4. The summed E-state index contributed by atoms with van der Waals surface area (Å²) >= 11 is 0. The molecular formula is C15H15F2NO3S. The number of anilines is 1. The monoisotopic (exact) mass is 327 g/mol. The second-order valence-electron chi connectivity index (χ2n) is 4.48. The molecule has 2 aromatic carbocycles. The quantitative estimate of drug-likeness (QED) is 0.886. The number of benzene rings is 2. The summed E-state index contributed by atoms with van der Waals surface area (Å²) in [5.74, 6) is -2.32. The van der Waals surface area contributed by atoms with Crippen molar-refractivity contribution in [1.29, 1.82) is 0 Å². The van der Waals surface area contributed by atoms with Crippen molar-refractivity contribution in [3.63, 3.8) is 0 Å². The minimum absolute atomic E-state index is 0.243. The maximum atomic E-state index is 13.2. The summed E-state index contributed by atoms with van der Waals surface area (Å²) in [4.78, 5) is -0.349. The van der Waals surface area contributed by atoms with Crippen LogP contribution in [-0.4, -0.2) is 15.0 Å². The predicted octanol–water partition coefficient (Wildman–Crippen LogP) is 3.30. The minimum atomic E-state index is -4.01. The van der Waals surface area contributed by atoms with Crippen LogP contribution in [0, 0.1) is 11.6 Å². The van der Waals surface area contributed by atoms with Crippen molar-refractivity contribution in [3.05, 3.63) is 59.7 Å². The maximum absolute atomic E-state index is 13.2. The van der Waals surface area contributed by atoms with Gasteiger partial charge in [0.05, 0.1) is 17.2 Å². The van der Waals surface area contributed by atoms with Gasteiger partial charge in [-0.2, -0.15) is 0 Å². The highest BCUT2D eigenvalue weighted by Crippen LogP contribution is 2.22. The van der Waals surface area contributed by atoms with Gasteiger partial charge in [-0.15, -0.1) is 0 Å². The molecule has 0 saturated heterocycles. The molecule has 0 atom stereocenters. The van der Waals surface area contributed by atoms with Crippen LogP contribution in [0.5, 0.6) is 0 Å². The van der Waals surface area contributed by atoms with Gasteiger partial charge in [0.25, 0.3) is 10.0 Å². The van der Waals surface area contributed by atoms with Crippen molar-refractivity contribution in [2.45, 2.75) is 18.4 Å². The van der Waals surface area contributed by atoms with E-state index in [0.29, 0.717) is 23.9 Å². The lowest BCUT2D eigenvalue weighted by molar-refractivity contribution is 0.134. The molecule has 0 aliphatic rings. The third-order valence-corrected chi connectivity index (χ3v) is 4.29. The first kappa shape index (κ1) is 16.4. The SMILES string of the molecule is CCOCc1ccccc1NS(=O)(=O)c1ccc(F)c(F)c1. The number of ether oxygens (including phenoxy) is 1. The molecule has 0 aliphatic carbocycles. The third-order valence-electron chi connectivity index (χ3n) is 2.92. The Morgan fingerprint density at radius 3 is 2.50 bits per heavy atom. The number of hydrogen-bond acceptors (Lipinski definition) is 3. The number of sulfonamides is 1. The first-order valence-electron chi connectivity index (χ1n) is 6.57. The second kappa shape index (κ2) is 6.85. The predicted molar refractivity (Wildman–Crippen MR) is 78.9 cm³/mol. The van der Waals surface area contributed by atoms with Gasteiger partial charge >= 0.3 is 0 Å². The summed E-state index contributed by atoms with van der Waals surface area (Å²) < 4.78 is 58.3. The summed E-state index contributed by atoms with van der Waals surface area (Å²) in [6.45, 7) is 2.56. The fourth-order valence-electron chi connectivity index (χ4n) is 1.81. The first-order chi connectivity index (χ1) is 10.4. The molecule has 0 amide bonds. The van der Waals surface area contributed by atoms with Gasteiger partial charge in [-0.05, 0) is 31.2 Å². The van der Waals surface area contributed by atoms with E-state index >= 15 is 0 Å². The van der Waals surface area contributed by atoms with E-state index in [0.717, 1.165) is 12.1 Å². The third kappa shape index (κ3) is 3.80. The summed E-state index contributed by atoms with van der Waals surface area (Å²) in [6, 6.07) is 9.14. The number of hydrogen-bond donors (Lipinski definition) is 1. The van der Waals surface area contributed by atoms with E-state index in [1.165, 1.54) is 0 Å². The fourth-order valence-corrected chi connectivity index (χ4v) is 2.92. The molecule has 4 nitrogen and oxygen atoms in total. The summed E-state index contributed by atoms with van der Waals surface area (Å²) in [5.41, 5.74) is 0.983. The van der Waals surface area contributed by atoms with E-state index in [2.05, 4.69) is 4.72 Å². The Morgan fingerprint density at radius 2 is 1.82 bits per heavy atom. The van der Waals surface area contributed by atoms with Gasteiger partial charge in [-0.3, -0.25) is 4.72 Å². The number of nitrogens with one attached hydrogen (secondary N) is 1. The van der Waals surface area contributed by atoms with Gasteiger partial charge in [-0.25, -0.2) is 17.2 Å². The van der Waals surface area contributed by atoms with Gasteiger partial charge in [-0.1, -0.05) is 18.2 Å². The lowest BCUT2D eigenvalue weighted by atomic mass is 10.2. The smallest absolute Gasteiger partial charge is 0.262 e. The van der Waals surface area contributed by atoms with Gasteiger partial charge < -0.3 is 4.74 Å². The minimum Gasteiger partial charge on any atom is -0.377 e. The molecule has 0 aliphatic heterocycles. The number of rotatable bonds is 6. The van der Waals surface area contributed by atoms with Crippen LogP contribution in [0.3, 0.4) is 0 Å². The van der Waals surface area contributed by atoms with Crippen molar-refractivity contribution < 1.29 is 21.9 Å². The first-order valence-corrected chi connectivity index (χ1v) is 8.06. The maximum Gasteiger partial charge on any atom is 0.262 e. The molecule has 7 heteroatoms. The fraction of sp³-hybridized carbons (Fsp3) is 0.200. The molecule has 0 aromatic heterocycles. The summed E-state index contributed by atoms with van der Waals surface area (Å²) in [5, 5.41) is 0. The van der Waals surface area contributed by atoms with E-state index in [-0.39, 0.29) is 11.5 Å². The van der Waals surface area contributed by atoms with Crippen LogP contribution in [0.1, 0.15) is 12.5 Å². The second-order valence-corrected chi connectivity index (χ2v) is 6.16. The number of halogens is 2. The van der Waals surface area contributed by atoms with Crippen LogP contribution in [0.4, 0.5) is 14.5 Å². The molecule has 0 spiro atoms. The Balaban J connectivity index is 2.30. The Labute approximate surface area is 127 Å². The molecule has 0 radical (unpaired) electrons. The van der Waals surface area contributed by atoms with Gasteiger partial charge in [0, 0.05) is 12.2 Å². The summed E-state index contributed by atoms with van der Waals surface area (Å²) in [7, 11) is -4.01. The standard InChI is InChI=1S/C15H15F2NO3S/c1-2-21-10-11-5-3-4-6-15(11)18-22(19,20)12-7-8-13(16)14(17)9-12/h3-9,18H,2,10H2,1H3. The van der Waals surface area contributed by atoms with E-state index in [9.17, 15) is 17.2 Å². The van der Waals surface area contributed by atoms with E-state index < -0.39 is 21.7 Å². The Kier molecular flexibility index (Phi) is 5.10. The Hall–Kier alpha value is -1.99. The van der Waals surface area contributed by atoms with Gasteiger partial charge in [0.15, 0.2) is 11.6 Å². The zero-order valence-corrected chi connectivity index (χ0v) is 12.7. The van der Waals surface area contributed by atoms with Crippen molar-refractivity contribution in [2.75, 3.05) is 11.3 Å². The van der Waals surface area contributed by atoms with Crippen LogP contribution in [0.2, 0.25) is 0 Å². The largest absolute Gasteiger partial charge is 0.377 e. The zero-order chi connectivity index (χ0) is 16.2. The van der Waals surface area contributed by atoms with Crippen molar-refractivity contribution >= 4 is 15.7 Å². The molecule has 118 valence electrons. The molecule has 2 aromatic rings. The molecule has 0 heterocycles. The Morgan fingerprint density at radius 1 is 1.09 bits per heavy atom. The van der Waals surface area contributed by atoms with E-state index in [1.54, 1.807) is 24.3 Å². The zero-order valence-electron chi connectivity index (χ0n) is 11.8. The van der Waals surface area contributed by atoms with Gasteiger partial charge in [0.1, 0.15) is 0 Å². The highest BCUT2D eigenvalue weighted by atomic mass is 32.2. The van der Waals surface area contributed by atoms with Crippen molar-refractivity contribution in [2.24, 2.45) is 0 Å². The van der Waals surface area contributed by atoms with Crippen LogP contribution >= 0.6 is 0 Å². The molecule has 22 heavy (non-hydrogen) atoms. The van der Waals surface area contributed by atoms with Crippen molar-refractivity contribution in [3.8, 4) is 0 Å². The van der Waals surface area contributed by atoms with Crippen molar-refractivity contribution in [1.82, 2.24) is 0 Å². The van der Waals surface area contributed by atoms with E-state index in [4.69, 9.17) is 4.74 Å². The summed E-state index contributed by atoms with van der Waals surface area (Å²) in [6.07, 6.45) is 0. The Bertz CT molecular complexity index is 763. The molecule has 0 unspecified atom stereocenters. The molecule has 2 rings (SSSR count). The molecule has 0 saturated carbocycles. The van der Waals surface area contributed by atoms with Crippen LogP contribution in [-0.2, 0) is 21.4 Å². The van der Waals surface area contributed by atoms with Crippen LogP contribution in [0.25, 0.3) is 0 Å². The molecular weight excluding hydrogens is 312 g/mol. The van der Waals surface area contributed by atoms with Crippen LogP contribution < -0.4 is 4.72 Å². The molecule has 0 bridgehead atoms. The van der Waals surface area contributed by atoms with Gasteiger partial charge in [0.2, 0.25) is 0 Å². The average Bonchev–Trinajstić information content (AvgIpc) is 2.48. The lowest BCUT2D eigenvalue weighted by Gasteiger charge is -2.12. The molecule has 1 N–H and O–H groups in total.